The van der Waals surface area contributed by atoms with Crippen molar-refractivity contribution < 1.29 is 17.9 Å². The summed E-state index contributed by atoms with van der Waals surface area (Å²) in [5, 5.41) is 0. The number of aromatic nitrogens is 2. The normalized spacial score (nSPS) is 16.0. The van der Waals surface area contributed by atoms with Crippen molar-refractivity contribution in [1.29, 1.82) is 0 Å². The van der Waals surface area contributed by atoms with E-state index in [9.17, 15) is 18.0 Å². The predicted molar refractivity (Wildman–Crippen MR) is 112 cm³/mol. The van der Waals surface area contributed by atoms with E-state index in [1.165, 1.54) is 21.0 Å². The van der Waals surface area contributed by atoms with Gasteiger partial charge in [-0.15, -0.1) is 0 Å². The number of nitrogens with zero attached hydrogens (tertiary/aromatic N) is 3. The van der Waals surface area contributed by atoms with E-state index >= 15 is 0 Å². The smallest absolute Gasteiger partial charge is 0.338 e. The van der Waals surface area contributed by atoms with Crippen molar-refractivity contribution in [3.05, 3.63) is 75.3 Å². The Labute approximate surface area is 173 Å². The first kappa shape index (κ1) is 20.1. The van der Waals surface area contributed by atoms with Gasteiger partial charge in [-0.2, -0.15) is 0 Å². The highest BCUT2D eigenvalue weighted by Crippen LogP contribution is 2.34. The largest absolute Gasteiger partial charge is 0.456 e. The number of hydrogen-bond acceptors (Lipinski definition) is 6. The Balaban J connectivity index is 1.54. The molecular formula is C21H21N3O5S. The van der Waals surface area contributed by atoms with E-state index in [1.807, 2.05) is 19.9 Å². The van der Waals surface area contributed by atoms with Gasteiger partial charge in [-0.1, -0.05) is 0 Å². The molecule has 0 unspecified atom stereocenters. The number of carbonyl (C=O) groups excluding carboxylic acids is 1. The number of ether oxygens (including phenoxy) is 1. The van der Waals surface area contributed by atoms with Crippen LogP contribution in [-0.2, 0) is 27.8 Å². The van der Waals surface area contributed by atoms with Crippen molar-refractivity contribution in [2.75, 3.05) is 10.6 Å². The minimum atomic E-state index is -3.39. The Hall–Kier alpha value is -3.20. The molecule has 1 aliphatic heterocycles. The van der Waals surface area contributed by atoms with Crippen LogP contribution in [-0.4, -0.2) is 36.1 Å². The Morgan fingerprint density at radius 1 is 1.23 bits per heavy atom. The molecule has 2 aromatic heterocycles. The molecule has 30 heavy (non-hydrogen) atoms. The summed E-state index contributed by atoms with van der Waals surface area (Å²) in [7, 11) is -3.39. The summed E-state index contributed by atoms with van der Waals surface area (Å²) in [5.41, 5.74) is 3.24. The highest BCUT2D eigenvalue weighted by atomic mass is 32.2. The summed E-state index contributed by atoms with van der Waals surface area (Å²) < 4.78 is 32.2. The molecule has 0 fully saturated rings. The molecule has 9 heteroatoms. The molecule has 0 N–H and O–H groups in total. The van der Waals surface area contributed by atoms with E-state index in [0.29, 0.717) is 29.0 Å². The molecule has 156 valence electrons. The SMILES string of the molecule is Cc1ccn2c(=O)cc(COC(=O)c3ccc4c(c3)C[C@H](C)N4S(C)(=O)=O)nc2c1. The molecule has 1 atom stereocenters. The molecule has 8 nitrogen and oxygen atoms in total. The van der Waals surface area contributed by atoms with Crippen LogP contribution in [0.5, 0.6) is 0 Å². The lowest BCUT2D eigenvalue weighted by Gasteiger charge is -2.21. The van der Waals surface area contributed by atoms with Gasteiger partial charge in [0.1, 0.15) is 12.3 Å². The summed E-state index contributed by atoms with van der Waals surface area (Å²) in [6.45, 7) is 3.59. The fraction of sp³-hybridized carbons (Fsp3) is 0.286. The lowest BCUT2D eigenvalue weighted by atomic mass is 10.1. The molecule has 3 heterocycles. The molecule has 0 saturated carbocycles. The number of anilines is 1. The second-order valence-corrected chi connectivity index (χ2v) is 9.41. The van der Waals surface area contributed by atoms with Crippen molar-refractivity contribution >= 4 is 27.3 Å². The number of hydrogen-bond donors (Lipinski definition) is 0. The molecule has 0 radical (unpaired) electrons. The average Bonchev–Trinajstić information content (AvgIpc) is 3.00. The van der Waals surface area contributed by atoms with Crippen LogP contribution in [0.15, 0.2) is 47.4 Å². The van der Waals surface area contributed by atoms with Crippen LogP contribution < -0.4 is 9.86 Å². The Bertz CT molecular complexity index is 1330. The van der Waals surface area contributed by atoms with Gasteiger partial charge >= 0.3 is 5.97 Å². The maximum absolute atomic E-state index is 12.5. The number of carbonyl (C=O) groups is 1. The monoisotopic (exact) mass is 427 g/mol. The van der Waals surface area contributed by atoms with Crippen molar-refractivity contribution in [1.82, 2.24) is 9.38 Å². The fourth-order valence-corrected chi connectivity index (χ4v) is 5.05. The summed E-state index contributed by atoms with van der Waals surface area (Å²) >= 11 is 0. The van der Waals surface area contributed by atoms with Crippen molar-refractivity contribution in [3.8, 4) is 0 Å². The maximum Gasteiger partial charge on any atom is 0.338 e. The molecule has 1 aromatic carbocycles. The standard InChI is InChI=1S/C21H21N3O5S/c1-13-6-7-23-19(8-13)22-17(11-20(23)25)12-29-21(26)15-4-5-18-16(10-15)9-14(2)24(18)30(3,27)28/h4-8,10-11,14H,9,12H2,1-3H3/t14-/m0/s1. The Morgan fingerprint density at radius 2 is 2.00 bits per heavy atom. The number of pyridine rings is 1. The summed E-state index contributed by atoms with van der Waals surface area (Å²) in [6.07, 6.45) is 3.34. The van der Waals surface area contributed by atoms with E-state index in [0.717, 1.165) is 11.1 Å². The number of esters is 1. The summed E-state index contributed by atoms with van der Waals surface area (Å²) in [6, 6.07) is 9.55. The zero-order chi connectivity index (χ0) is 21.6. The quantitative estimate of drug-likeness (QED) is 0.591. The van der Waals surface area contributed by atoms with Crippen LogP contribution in [0.4, 0.5) is 5.69 Å². The van der Waals surface area contributed by atoms with Gasteiger partial charge in [-0.05, 0) is 61.7 Å². The molecule has 0 aliphatic carbocycles. The van der Waals surface area contributed by atoms with Crippen molar-refractivity contribution in [2.24, 2.45) is 0 Å². The molecule has 1 aliphatic rings. The maximum atomic E-state index is 12.5. The first-order valence-corrected chi connectivity index (χ1v) is 11.3. The Morgan fingerprint density at radius 3 is 2.73 bits per heavy atom. The molecule has 4 rings (SSSR count). The van der Waals surface area contributed by atoms with Crippen molar-refractivity contribution in [2.45, 2.75) is 32.9 Å². The third-order valence-electron chi connectivity index (χ3n) is 5.05. The van der Waals surface area contributed by atoms with Gasteiger partial charge in [0, 0.05) is 18.3 Å². The second-order valence-electron chi connectivity index (χ2n) is 7.55. The van der Waals surface area contributed by atoms with Crippen molar-refractivity contribution in [3.63, 3.8) is 0 Å². The van der Waals surface area contributed by atoms with Gasteiger partial charge in [-0.3, -0.25) is 13.5 Å². The third-order valence-corrected chi connectivity index (χ3v) is 6.32. The van der Waals surface area contributed by atoms with E-state index in [2.05, 4.69) is 4.98 Å². The van der Waals surface area contributed by atoms with Gasteiger partial charge in [0.25, 0.3) is 5.56 Å². The van der Waals surface area contributed by atoms with Crippen LogP contribution in [0.1, 0.15) is 34.1 Å². The van der Waals surface area contributed by atoms with Gasteiger partial charge < -0.3 is 4.74 Å². The number of rotatable bonds is 4. The molecule has 0 bridgehead atoms. The highest BCUT2D eigenvalue weighted by Gasteiger charge is 2.32. The average molecular weight is 427 g/mol. The van der Waals surface area contributed by atoms with E-state index < -0.39 is 16.0 Å². The van der Waals surface area contributed by atoms with Gasteiger partial charge in [-0.25, -0.2) is 18.2 Å². The minimum Gasteiger partial charge on any atom is -0.456 e. The highest BCUT2D eigenvalue weighted by molar-refractivity contribution is 7.92. The first-order valence-electron chi connectivity index (χ1n) is 9.42. The summed E-state index contributed by atoms with van der Waals surface area (Å²) in [4.78, 5) is 29.1. The predicted octanol–water partition coefficient (Wildman–Crippen LogP) is 2.07. The van der Waals surface area contributed by atoms with Crippen LogP contribution in [0.2, 0.25) is 0 Å². The fourth-order valence-electron chi connectivity index (χ4n) is 3.79. The van der Waals surface area contributed by atoms with E-state index in [1.54, 1.807) is 30.5 Å². The van der Waals surface area contributed by atoms with Gasteiger partial charge in [0.2, 0.25) is 10.0 Å². The van der Waals surface area contributed by atoms with Crippen LogP contribution in [0, 0.1) is 6.92 Å². The third kappa shape index (κ3) is 3.68. The topological polar surface area (TPSA) is 98.0 Å². The summed E-state index contributed by atoms with van der Waals surface area (Å²) in [5.74, 6) is -0.561. The number of sulfonamides is 1. The van der Waals surface area contributed by atoms with Crippen LogP contribution in [0.3, 0.4) is 0 Å². The molecule has 0 saturated heterocycles. The molecule has 0 amide bonds. The zero-order valence-electron chi connectivity index (χ0n) is 16.8. The number of fused-ring (bicyclic) bond motifs is 2. The minimum absolute atomic E-state index is 0.137. The van der Waals surface area contributed by atoms with Gasteiger partial charge in [0.15, 0.2) is 0 Å². The molecular weight excluding hydrogens is 406 g/mol. The van der Waals surface area contributed by atoms with Crippen LogP contribution in [0.25, 0.3) is 5.65 Å². The Kier molecular flexibility index (Phi) is 4.85. The van der Waals surface area contributed by atoms with Crippen LogP contribution >= 0.6 is 0 Å². The van der Waals surface area contributed by atoms with Gasteiger partial charge in [0.05, 0.1) is 23.2 Å². The lowest BCUT2D eigenvalue weighted by molar-refractivity contribution is 0.0467. The lowest BCUT2D eigenvalue weighted by Crippen LogP contribution is -2.34. The first-order chi connectivity index (χ1) is 14.1. The number of aryl methyl sites for hydroxylation is 1. The molecule has 3 aromatic rings. The molecule has 0 spiro atoms. The van der Waals surface area contributed by atoms with E-state index in [-0.39, 0.29) is 18.2 Å². The number of benzene rings is 1. The van der Waals surface area contributed by atoms with E-state index in [4.69, 9.17) is 4.74 Å². The zero-order valence-corrected chi connectivity index (χ0v) is 17.6. The second kappa shape index (κ2) is 7.24.